The van der Waals surface area contributed by atoms with Crippen LogP contribution in [0.3, 0.4) is 0 Å². The van der Waals surface area contributed by atoms with Gasteiger partial charge in [-0.25, -0.2) is 4.79 Å². The maximum absolute atomic E-state index is 11.1. The molecule has 72 valence electrons. The molecule has 0 saturated carbocycles. The minimum absolute atomic E-state index is 0.190. The van der Waals surface area contributed by atoms with E-state index in [0.717, 1.165) is 5.06 Å². The molecule has 1 unspecified atom stereocenters. The average Bonchev–Trinajstić information content (AvgIpc) is 2.48. The second-order valence-electron chi connectivity index (χ2n) is 2.78. The standard InChI is InChI=1S/C8H11NO4/c1-2-8(12)13-9-6(5-10)3-4-7(9)11/h5-6H,2-4H2,1H3. The highest BCUT2D eigenvalue weighted by molar-refractivity contribution is 5.84. The summed E-state index contributed by atoms with van der Waals surface area (Å²) in [5.74, 6) is -0.805. The second-order valence-corrected chi connectivity index (χ2v) is 2.78. The highest BCUT2D eigenvalue weighted by Crippen LogP contribution is 2.17. The topological polar surface area (TPSA) is 63.7 Å². The van der Waals surface area contributed by atoms with E-state index in [9.17, 15) is 14.4 Å². The minimum atomic E-state index is -0.594. The zero-order chi connectivity index (χ0) is 9.84. The van der Waals surface area contributed by atoms with E-state index in [4.69, 9.17) is 0 Å². The first-order valence-corrected chi connectivity index (χ1v) is 4.17. The lowest BCUT2D eigenvalue weighted by Crippen LogP contribution is -2.36. The molecule has 1 saturated heterocycles. The summed E-state index contributed by atoms with van der Waals surface area (Å²) in [6.07, 6.45) is 1.50. The van der Waals surface area contributed by atoms with Crippen LogP contribution >= 0.6 is 0 Å². The summed E-state index contributed by atoms with van der Waals surface area (Å²) in [7, 11) is 0. The molecule has 1 amide bonds. The van der Waals surface area contributed by atoms with Crippen molar-refractivity contribution in [1.29, 1.82) is 0 Å². The molecule has 0 spiro atoms. The third kappa shape index (κ3) is 2.05. The van der Waals surface area contributed by atoms with Crippen LogP contribution in [0.5, 0.6) is 0 Å². The molecule has 0 aromatic heterocycles. The van der Waals surface area contributed by atoms with Gasteiger partial charge in [-0.1, -0.05) is 6.92 Å². The summed E-state index contributed by atoms with van der Waals surface area (Å²) in [4.78, 5) is 37.1. The van der Waals surface area contributed by atoms with Gasteiger partial charge in [-0.3, -0.25) is 4.79 Å². The highest BCUT2D eigenvalue weighted by atomic mass is 16.7. The Morgan fingerprint density at radius 2 is 2.46 bits per heavy atom. The number of hydroxylamine groups is 2. The summed E-state index contributed by atoms with van der Waals surface area (Å²) < 4.78 is 0. The predicted molar refractivity (Wildman–Crippen MR) is 42.3 cm³/mol. The maximum atomic E-state index is 11.1. The molecule has 0 aromatic rings. The van der Waals surface area contributed by atoms with Gasteiger partial charge in [0.05, 0.1) is 0 Å². The molecular weight excluding hydrogens is 174 g/mol. The molecule has 5 nitrogen and oxygen atoms in total. The first kappa shape index (κ1) is 9.70. The number of carbonyl (C=O) groups excluding carboxylic acids is 3. The van der Waals surface area contributed by atoms with Crippen molar-refractivity contribution in [2.75, 3.05) is 0 Å². The van der Waals surface area contributed by atoms with Crippen molar-refractivity contribution in [3.8, 4) is 0 Å². The molecule has 0 aliphatic carbocycles. The Morgan fingerprint density at radius 3 is 3.00 bits per heavy atom. The third-order valence-electron chi connectivity index (χ3n) is 1.85. The van der Waals surface area contributed by atoms with Gasteiger partial charge in [-0.2, -0.15) is 5.06 Å². The molecule has 0 radical (unpaired) electrons. The van der Waals surface area contributed by atoms with Crippen molar-refractivity contribution in [1.82, 2.24) is 5.06 Å². The molecule has 13 heavy (non-hydrogen) atoms. The fourth-order valence-electron chi connectivity index (χ4n) is 1.10. The smallest absolute Gasteiger partial charge is 0.332 e. The van der Waals surface area contributed by atoms with E-state index < -0.39 is 12.0 Å². The van der Waals surface area contributed by atoms with Crippen LogP contribution in [-0.2, 0) is 19.2 Å². The number of hydrogen-bond donors (Lipinski definition) is 0. The van der Waals surface area contributed by atoms with E-state index in [-0.39, 0.29) is 18.7 Å². The monoisotopic (exact) mass is 185 g/mol. The van der Waals surface area contributed by atoms with Crippen LogP contribution in [0.1, 0.15) is 26.2 Å². The molecule has 0 bridgehead atoms. The maximum Gasteiger partial charge on any atom is 0.332 e. The van der Waals surface area contributed by atoms with Crippen molar-refractivity contribution in [3.05, 3.63) is 0 Å². The number of amides is 1. The van der Waals surface area contributed by atoms with Crippen LogP contribution in [0.2, 0.25) is 0 Å². The molecule has 1 aliphatic heterocycles. The van der Waals surface area contributed by atoms with Gasteiger partial charge in [-0.05, 0) is 6.42 Å². The lowest BCUT2D eigenvalue weighted by Gasteiger charge is -2.18. The number of rotatable bonds is 3. The van der Waals surface area contributed by atoms with E-state index in [1.807, 2.05) is 0 Å². The summed E-state index contributed by atoms with van der Waals surface area (Å²) in [5, 5.41) is 0.874. The zero-order valence-electron chi connectivity index (χ0n) is 7.36. The van der Waals surface area contributed by atoms with E-state index in [0.29, 0.717) is 12.7 Å². The quantitative estimate of drug-likeness (QED) is 0.582. The van der Waals surface area contributed by atoms with Crippen LogP contribution < -0.4 is 0 Å². The summed E-state index contributed by atoms with van der Waals surface area (Å²) >= 11 is 0. The Morgan fingerprint density at radius 1 is 1.77 bits per heavy atom. The van der Waals surface area contributed by atoms with Gasteiger partial charge in [0, 0.05) is 12.8 Å². The summed E-state index contributed by atoms with van der Waals surface area (Å²) in [6, 6.07) is -0.594. The highest BCUT2D eigenvalue weighted by Gasteiger charge is 2.33. The van der Waals surface area contributed by atoms with Crippen molar-refractivity contribution in [2.45, 2.75) is 32.2 Å². The molecule has 1 atom stereocenters. The zero-order valence-corrected chi connectivity index (χ0v) is 7.36. The molecule has 1 fully saturated rings. The first-order chi connectivity index (χ1) is 6.19. The van der Waals surface area contributed by atoms with Gasteiger partial charge in [0.25, 0.3) is 5.91 Å². The van der Waals surface area contributed by atoms with Crippen LogP contribution in [0.4, 0.5) is 0 Å². The van der Waals surface area contributed by atoms with E-state index in [1.54, 1.807) is 6.92 Å². The van der Waals surface area contributed by atoms with Gasteiger partial charge in [-0.15, -0.1) is 0 Å². The van der Waals surface area contributed by atoms with Crippen molar-refractivity contribution >= 4 is 18.2 Å². The largest absolute Gasteiger partial charge is 0.337 e. The Labute approximate surface area is 75.6 Å². The Hall–Kier alpha value is -1.39. The fraction of sp³-hybridized carbons (Fsp3) is 0.625. The second kappa shape index (κ2) is 4.02. The van der Waals surface area contributed by atoms with Crippen LogP contribution in [0.15, 0.2) is 0 Å². The Balaban J connectivity index is 2.59. The lowest BCUT2D eigenvalue weighted by molar-refractivity contribution is -0.199. The van der Waals surface area contributed by atoms with Crippen LogP contribution in [0, 0.1) is 0 Å². The molecule has 0 N–H and O–H groups in total. The van der Waals surface area contributed by atoms with Crippen molar-refractivity contribution < 1.29 is 19.2 Å². The molecule has 1 aliphatic rings. The Bertz CT molecular complexity index is 238. The Kier molecular flexibility index (Phi) is 3.00. The number of hydrogen-bond acceptors (Lipinski definition) is 4. The number of nitrogens with zero attached hydrogens (tertiary/aromatic N) is 1. The van der Waals surface area contributed by atoms with Gasteiger partial charge in [0.15, 0.2) is 0 Å². The number of carbonyl (C=O) groups is 3. The van der Waals surface area contributed by atoms with Crippen LogP contribution in [0.25, 0.3) is 0 Å². The number of aldehydes is 1. The van der Waals surface area contributed by atoms with Gasteiger partial charge in [0.2, 0.25) is 0 Å². The van der Waals surface area contributed by atoms with E-state index in [1.165, 1.54) is 0 Å². The predicted octanol–water partition coefficient (Wildman–Crippen LogP) is 0.0445. The van der Waals surface area contributed by atoms with Gasteiger partial charge >= 0.3 is 5.97 Å². The normalized spacial score (nSPS) is 21.8. The van der Waals surface area contributed by atoms with Gasteiger partial charge in [0.1, 0.15) is 12.3 Å². The molecule has 0 aromatic carbocycles. The van der Waals surface area contributed by atoms with Crippen LogP contribution in [-0.4, -0.2) is 29.3 Å². The molecule has 1 rings (SSSR count). The molecule has 5 heteroatoms. The lowest BCUT2D eigenvalue weighted by atomic mass is 10.2. The molecular formula is C8H11NO4. The summed E-state index contributed by atoms with van der Waals surface area (Å²) in [6.45, 7) is 1.62. The fourth-order valence-corrected chi connectivity index (χ4v) is 1.10. The van der Waals surface area contributed by atoms with E-state index in [2.05, 4.69) is 4.84 Å². The summed E-state index contributed by atoms with van der Waals surface area (Å²) in [5.41, 5.74) is 0. The average molecular weight is 185 g/mol. The molecule has 1 heterocycles. The van der Waals surface area contributed by atoms with Crippen molar-refractivity contribution in [3.63, 3.8) is 0 Å². The van der Waals surface area contributed by atoms with E-state index >= 15 is 0 Å². The van der Waals surface area contributed by atoms with Crippen molar-refractivity contribution in [2.24, 2.45) is 0 Å². The SMILES string of the molecule is CCC(=O)ON1C(=O)CCC1C=O. The minimum Gasteiger partial charge on any atom is -0.337 e. The van der Waals surface area contributed by atoms with Gasteiger partial charge < -0.3 is 9.63 Å². The first-order valence-electron chi connectivity index (χ1n) is 4.17. The third-order valence-corrected chi connectivity index (χ3v) is 1.85.